The van der Waals surface area contributed by atoms with E-state index >= 15 is 0 Å². The van der Waals surface area contributed by atoms with E-state index in [0.717, 1.165) is 24.0 Å². The largest absolute Gasteiger partial charge is 0.444 e. The number of rotatable bonds is 2. The van der Waals surface area contributed by atoms with Gasteiger partial charge in [0.1, 0.15) is 5.60 Å². The Labute approximate surface area is 143 Å². The van der Waals surface area contributed by atoms with E-state index in [1.807, 2.05) is 45.9 Å². The molecule has 0 saturated carbocycles. The van der Waals surface area contributed by atoms with E-state index in [4.69, 9.17) is 16.3 Å². The number of benzene rings is 1. The summed E-state index contributed by atoms with van der Waals surface area (Å²) in [6.07, 6.45) is 0.809. The molecule has 1 aliphatic rings. The number of aliphatic hydroxyl groups is 1. The third kappa shape index (κ3) is 4.85. The summed E-state index contributed by atoms with van der Waals surface area (Å²) in [5.41, 5.74) is 1.34. The van der Waals surface area contributed by atoms with Gasteiger partial charge in [0.2, 0.25) is 0 Å². The van der Waals surface area contributed by atoms with Crippen LogP contribution in [-0.4, -0.2) is 34.8 Å². The lowest BCUT2D eigenvalue weighted by molar-refractivity contribution is 0.00231. The SMILES string of the molecule is Cc1ccc(Cl)cc1[C@H](O)[C@@H]1CCCN(C(=O)OC(C)(C)C)C1. The summed E-state index contributed by atoms with van der Waals surface area (Å²) in [5, 5.41) is 11.4. The zero-order valence-electron chi connectivity index (χ0n) is 14.3. The standard InChI is InChI=1S/C18H26ClNO3/c1-12-7-8-14(19)10-15(12)16(21)13-6-5-9-20(11-13)17(22)23-18(2,3)4/h7-8,10,13,16,21H,5-6,9,11H2,1-4H3/t13-,16-/m1/s1. The third-order valence-corrected chi connectivity index (χ3v) is 4.35. The van der Waals surface area contributed by atoms with Crippen LogP contribution in [0, 0.1) is 12.8 Å². The van der Waals surface area contributed by atoms with Crippen LogP contribution in [0.15, 0.2) is 18.2 Å². The molecule has 5 heteroatoms. The molecule has 0 spiro atoms. The highest BCUT2D eigenvalue weighted by atomic mass is 35.5. The predicted molar refractivity (Wildman–Crippen MR) is 91.7 cm³/mol. The molecule has 1 aliphatic heterocycles. The quantitative estimate of drug-likeness (QED) is 0.872. The second kappa shape index (κ2) is 7.10. The molecule has 1 aromatic carbocycles. The summed E-state index contributed by atoms with van der Waals surface area (Å²) in [6.45, 7) is 8.71. The number of nitrogens with zero attached hydrogens (tertiary/aromatic N) is 1. The molecule has 0 unspecified atom stereocenters. The molecule has 128 valence electrons. The van der Waals surface area contributed by atoms with Crippen LogP contribution < -0.4 is 0 Å². The van der Waals surface area contributed by atoms with Gasteiger partial charge in [0.25, 0.3) is 0 Å². The number of likely N-dealkylation sites (tertiary alicyclic amines) is 1. The van der Waals surface area contributed by atoms with Crippen molar-refractivity contribution >= 4 is 17.7 Å². The Morgan fingerprint density at radius 3 is 2.78 bits per heavy atom. The molecule has 4 nitrogen and oxygen atoms in total. The van der Waals surface area contributed by atoms with Gasteiger partial charge in [-0.1, -0.05) is 17.7 Å². The molecular weight excluding hydrogens is 314 g/mol. The number of hydrogen-bond acceptors (Lipinski definition) is 3. The Hall–Kier alpha value is -1.26. The lowest BCUT2D eigenvalue weighted by atomic mass is 9.87. The van der Waals surface area contributed by atoms with Gasteiger partial charge in [-0.2, -0.15) is 0 Å². The van der Waals surface area contributed by atoms with Crippen molar-refractivity contribution in [2.24, 2.45) is 5.92 Å². The van der Waals surface area contributed by atoms with Crippen LogP contribution in [0.1, 0.15) is 50.8 Å². The molecule has 1 heterocycles. The van der Waals surface area contributed by atoms with E-state index in [0.29, 0.717) is 18.1 Å². The van der Waals surface area contributed by atoms with Gasteiger partial charge in [0.15, 0.2) is 0 Å². The summed E-state index contributed by atoms with van der Waals surface area (Å²) < 4.78 is 5.44. The van der Waals surface area contributed by atoms with Crippen LogP contribution in [0.4, 0.5) is 4.79 Å². The summed E-state index contributed by atoms with van der Waals surface area (Å²) in [7, 11) is 0. The van der Waals surface area contributed by atoms with Crippen LogP contribution in [0.25, 0.3) is 0 Å². The van der Waals surface area contributed by atoms with Gasteiger partial charge in [-0.05, 0) is 63.8 Å². The molecule has 23 heavy (non-hydrogen) atoms. The minimum Gasteiger partial charge on any atom is -0.444 e. The minimum atomic E-state index is -0.626. The number of aryl methyl sites for hydroxylation is 1. The number of ether oxygens (including phenoxy) is 1. The average Bonchev–Trinajstić information content (AvgIpc) is 2.47. The maximum atomic E-state index is 12.2. The molecule has 2 atom stereocenters. The fourth-order valence-corrected chi connectivity index (χ4v) is 3.12. The molecule has 1 aromatic rings. The molecule has 0 radical (unpaired) electrons. The highest BCUT2D eigenvalue weighted by molar-refractivity contribution is 6.30. The Morgan fingerprint density at radius 1 is 1.43 bits per heavy atom. The van der Waals surface area contributed by atoms with E-state index in [-0.39, 0.29) is 12.0 Å². The van der Waals surface area contributed by atoms with Crippen LogP contribution in [0.2, 0.25) is 5.02 Å². The van der Waals surface area contributed by atoms with Gasteiger partial charge >= 0.3 is 6.09 Å². The van der Waals surface area contributed by atoms with Crippen molar-refractivity contribution in [3.8, 4) is 0 Å². The molecule has 0 aromatic heterocycles. The van der Waals surface area contributed by atoms with Crippen LogP contribution in [-0.2, 0) is 4.74 Å². The second-order valence-corrected chi connectivity index (χ2v) is 7.71. The molecule has 1 saturated heterocycles. The van der Waals surface area contributed by atoms with Gasteiger partial charge in [0, 0.05) is 24.0 Å². The van der Waals surface area contributed by atoms with E-state index in [1.165, 1.54) is 0 Å². The normalized spacial score (nSPS) is 20.3. The number of halogens is 1. The lowest BCUT2D eigenvalue weighted by Gasteiger charge is -2.36. The average molecular weight is 340 g/mol. The predicted octanol–water partition coefficient (Wildman–Crippen LogP) is 4.33. The van der Waals surface area contributed by atoms with Crippen molar-refractivity contribution in [2.45, 2.75) is 52.2 Å². The fourth-order valence-electron chi connectivity index (χ4n) is 2.94. The highest BCUT2D eigenvalue weighted by Gasteiger charge is 2.32. The zero-order valence-corrected chi connectivity index (χ0v) is 15.1. The first-order valence-electron chi connectivity index (χ1n) is 8.09. The number of carbonyl (C=O) groups is 1. The summed E-state index contributed by atoms with van der Waals surface area (Å²) in [5.74, 6) is -0.00608. The van der Waals surface area contributed by atoms with Gasteiger partial charge < -0.3 is 14.7 Å². The molecule has 1 amide bonds. The first-order valence-corrected chi connectivity index (χ1v) is 8.47. The van der Waals surface area contributed by atoms with Crippen LogP contribution in [0.5, 0.6) is 0 Å². The van der Waals surface area contributed by atoms with Crippen molar-refractivity contribution in [2.75, 3.05) is 13.1 Å². The Kier molecular flexibility index (Phi) is 5.58. The van der Waals surface area contributed by atoms with E-state index < -0.39 is 11.7 Å². The maximum absolute atomic E-state index is 12.2. The van der Waals surface area contributed by atoms with Gasteiger partial charge in [-0.15, -0.1) is 0 Å². The Balaban J connectivity index is 2.08. The van der Waals surface area contributed by atoms with Gasteiger partial charge in [-0.3, -0.25) is 0 Å². The van der Waals surface area contributed by atoms with E-state index in [1.54, 1.807) is 4.90 Å². The number of aliphatic hydroxyl groups excluding tert-OH is 1. The second-order valence-electron chi connectivity index (χ2n) is 7.27. The first-order chi connectivity index (χ1) is 10.7. The van der Waals surface area contributed by atoms with Crippen LogP contribution in [0.3, 0.4) is 0 Å². The number of carbonyl (C=O) groups excluding carboxylic acids is 1. The number of piperidine rings is 1. The van der Waals surface area contributed by atoms with E-state index in [2.05, 4.69) is 0 Å². The molecule has 1 N–H and O–H groups in total. The number of hydrogen-bond donors (Lipinski definition) is 1. The molecule has 0 bridgehead atoms. The Morgan fingerprint density at radius 2 is 2.13 bits per heavy atom. The highest BCUT2D eigenvalue weighted by Crippen LogP contribution is 2.33. The smallest absolute Gasteiger partial charge is 0.410 e. The molecule has 1 fully saturated rings. The van der Waals surface area contributed by atoms with Crippen molar-refractivity contribution in [1.29, 1.82) is 0 Å². The van der Waals surface area contributed by atoms with Crippen molar-refractivity contribution in [1.82, 2.24) is 4.90 Å². The third-order valence-electron chi connectivity index (χ3n) is 4.12. The maximum Gasteiger partial charge on any atom is 0.410 e. The fraction of sp³-hybridized carbons (Fsp3) is 0.611. The van der Waals surface area contributed by atoms with Crippen LogP contribution >= 0.6 is 11.6 Å². The summed E-state index contributed by atoms with van der Waals surface area (Å²) >= 11 is 6.06. The summed E-state index contributed by atoms with van der Waals surface area (Å²) in [6, 6.07) is 5.55. The van der Waals surface area contributed by atoms with Crippen molar-refractivity contribution in [3.63, 3.8) is 0 Å². The van der Waals surface area contributed by atoms with Crippen molar-refractivity contribution in [3.05, 3.63) is 34.3 Å². The first kappa shape index (κ1) is 18.1. The molecule has 0 aliphatic carbocycles. The van der Waals surface area contributed by atoms with Crippen molar-refractivity contribution < 1.29 is 14.6 Å². The topological polar surface area (TPSA) is 49.8 Å². The van der Waals surface area contributed by atoms with Gasteiger partial charge in [-0.25, -0.2) is 4.79 Å². The summed E-state index contributed by atoms with van der Waals surface area (Å²) in [4.78, 5) is 13.9. The lowest BCUT2D eigenvalue weighted by Crippen LogP contribution is -2.44. The molecule has 2 rings (SSSR count). The van der Waals surface area contributed by atoms with Gasteiger partial charge in [0.05, 0.1) is 6.10 Å². The minimum absolute atomic E-state index is 0.00608. The molecular formula is C18H26ClNO3. The Bertz CT molecular complexity index is 568. The number of amides is 1. The zero-order chi connectivity index (χ0) is 17.2. The van der Waals surface area contributed by atoms with E-state index in [9.17, 15) is 9.90 Å². The monoisotopic (exact) mass is 339 g/mol.